The summed E-state index contributed by atoms with van der Waals surface area (Å²) in [5, 5.41) is 13.0. The van der Waals surface area contributed by atoms with Crippen LogP contribution in [-0.4, -0.2) is 28.9 Å². The van der Waals surface area contributed by atoms with Crippen molar-refractivity contribution in [1.29, 1.82) is 0 Å². The van der Waals surface area contributed by atoms with E-state index in [1.165, 1.54) is 44.6 Å². The highest BCUT2D eigenvalue weighted by molar-refractivity contribution is 6.15. The van der Waals surface area contributed by atoms with Crippen LogP contribution >= 0.6 is 0 Å². The molecule has 0 unspecified atom stereocenters. The van der Waals surface area contributed by atoms with Crippen molar-refractivity contribution in [3.05, 3.63) is 77.0 Å². The maximum absolute atomic E-state index is 13.4. The van der Waals surface area contributed by atoms with Gasteiger partial charge < -0.3 is 19.2 Å². The first-order chi connectivity index (χ1) is 19.0. The number of benzene rings is 2. The standard InChI is InChI=1S/C33H41NO5/c1-3-5-6-7-8-9-10-11-12-20-29(35)31-27-18-13-14-19-28(27)34(32(31)33(37)38)24-26-17-15-16-25(23-26)21-22-30(36)39-4-2/h13-19,21-23H,3-12,20,24H2,1-2H3,(H,37,38)/p-1/b22-21+. The van der Waals surface area contributed by atoms with E-state index in [9.17, 15) is 19.5 Å². The molecule has 0 aliphatic rings. The van der Waals surface area contributed by atoms with Crippen LogP contribution in [0.3, 0.4) is 0 Å². The van der Waals surface area contributed by atoms with Gasteiger partial charge in [0.15, 0.2) is 5.78 Å². The van der Waals surface area contributed by atoms with Crippen molar-refractivity contribution < 1.29 is 24.2 Å². The summed E-state index contributed by atoms with van der Waals surface area (Å²) in [5.41, 5.74) is 2.46. The van der Waals surface area contributed by atoms with Crippen LogP contribution in [0.5, 0.6) is 0 Å². The van der Waals surface area contributed by atoms with Crippen LogP contribution in [0.1, 0.15) is 110 Å². The van der Waals surface area contributed by atoms with Gasteiger partial charge in [0, 0.05) is 29.9 Å². The lowest BCUT2D eigenvalue weighted by atomic mass is 10.00. The van der Waals surface area contributed by atoms with Gasteiger partial charge in [-0.3, -0.25) is 4.79 Å². The summed E-state index contributed by atoms with van der Waals surface area (Å²) in [6.07, 6.45) is 13.6. The van der Waals surface area contributed by atoms with Gasteiger partial charge in [-0.15, -0.1) is 0 Å². The number of ether oxygens (including phenoxy) is 1. The molecule has 39 heavy (non-hydrogen) atoms. The molecule has 3 aromatic rings. The van der Waals surface area contributed by atoms with E-state index in [-0.39, 0.29) is 23.6 Å². The summed E-state index contributed by atoms with van der Waals surface area (Å²) in [6, 6.07) is 14.8. The molecule has 0 atom stereocenters. The van der Waals surface area contributed by atoms with Crippen molar-refractivity contribution >= 4 is 34.7 Å². The van der Waals surface area contributed by atoms with E-state index in [0.29, 0.717) is 23.9 Å². The molecular weight excluding hydrogens is 490 g/mol. The van der Waals surface area contributed by atoms with Gasteiger partial charge in [0.25, 0.3) is 0 Å². The lowest BCUT2D eigenvalue weighted by Crippen LogP contribution is -2.28. The van der Waals surface area contributed by atoms with Gasteiger partial charge in [0.1, 0.15) is 0 Å². The van der Waals surface area contributed by atoms with E-state index >= 15 is 0 Å². The lowest BCUT2D eigenvalue weighted by Gasteiger charge is -2.13. The highest BCUT2D eigenvalue weighted by Crippen LogP contribution is 2.29. The number of carboxylic acid groups (broad SMARTS) is 1. The van der Waals surface area contributed by atoms with E-state index < -0.39 is 11.9 Å². The molecule has 0 bridgehead atoms. The molecule has 6 nitrogen and oxygen atoms in total. The summed E-state index contributed by atoms with van der Waals surface area (Å²) in [7, 11) is 0. The molecule has 3 rings (SSSR count). The van der Waals surface area contributed by atoms with E-state index in [4.69, 9.17) is 4.74 Å². The van der Waals surface area contributed by atoms with Crippen LogP contribution in [0.2, 0.25) is 0 Å². The molecule has 0 amide bonds. The van der Waals surface area contributed by atoms with Gasteiger partial charge in [-0.2, -0.15) is 0 Å². The van der Waals surface area contributed by atoms with Gasteiger partial charge >= 0.3 is 5.97 Å². The van der Waals surface area contributed by atoms with Crippen molar-refractivity contribution in [3.8, 4) is 0 Å². The smallest absolute Gasteiger partial charge is 0.330 e. The van der Waals surface area contributed by atoms with E-state index in [2.05, 4.69) is 6.92 Å². The van der Waals surface area contributed by atoms with E-state index in [0.717, 1.165) is 30.4 Å². The first-order valence-corrected chi connectivity index (χ1v) is 14.3. The third-order valence-electron chi connectivity index (χ3n) is 6.94. The fourth-order valence-electron chi connectivity index (χ4n) is 5.02. The Kier molecular flexibility index (Phi) is 12.0. The number of unbranched alkanes of at least 4 members (excludes halogenated alkanes) is 8. The molecule has 6 heteroatoms. The summed E-state index contributed by atoms with van der Waals surface area (Å²) < 4.78 is 6.59. The van der Waals surface area contributed by atoms with Crippen LogP contribution in [0.25, 0.3) is 17.0 Å². The van der Waals surface area contributed by atoms with Crippen LogP contribution in [-0.2, 0) is 16.1 Å². The number of carbonyl (C=O) groups is 3. The molecule has 0 saturated carbocycles. The number of esters is 1. The number of aromatic carboxylic acids is 1. The predicted molar refractivity (Wildman–Crippen MR) is 154 cm³/mol. The molecule has 0 aliphatic heterocycles. The topological polar surface area (TPSA) is 88.4 Å². The van der Waals surface area contributed by atoms with Gasteiger partial charge in [-0.1, -0.05) is 94.7 Å². The monoisotopic (exact) mass is 530 g/mol. The van der Waals surface area contributed by atoms with E-state index in [1.807, 2.05) is 42.5 Å². The molecule has 208 valence electrons. The minimum absolute atomic E-state index is 0.0791. The summed E-state index contributed by atoms with van der Waals surface area (Å²) >= 11 is 0. The SMILES string of the molecule is CCCCCCCCCCCC(=O)c1c(C(=O)[O-])n(Cc2cccc(/C=C/C(=O)OCC)c2)c2ccccc12. The second-order valence-electron chi connectivity index (χ2n) is 9.95. The van der Waals surface area contributed by atoms with Gasteiger partial charge in [0.05, 0.1) is 23.8 Å². The molecule has 0 spiro atoms. The zero-order valence-corrected chi connectivity index (χ0v) is 23.2. The van der Waals surface area contributed by atoms with Crippen LogP contribution in [0.15, 0.2) is 54.6 Å². The van der Waals surface area contributed by atoms with E-state index in [1.54, 1.807) is 23.6 Å². The van der Waals surface area contributed by atoms with Gasteiger partial charge in [0.2, 0.25) is 0 Å². The van der Waals surface area contributed by atoms with Crippen molar-refractivity contribution in [2.75, 3.05) is 6.61 Å². The van der Waals surface area contributed by atoms with Crippen molar-refractivity contribution in [3.63, 3.8) is 0 Å². The van der Waals surface area contributed by atoms with Gasteiger partial charge in [-0.05, 0) is 42.7 Å². The number of aromatic nitrogens is 1. The predicted octanol–water partition coefficient (Wildman–Crippen LogP) is 6.73. The Morgan fingerprint density at radius 2 is 1.56 bits per heavy atom. The molecule has 1 heterocycles. The Hall–Kier alpha value is -3.67. The molecule has 0 fully saturated rings. The number of hydrogen-bond acceptors (Lipinski definition) is 5. The lowest BCUT2D eigenvalue weighted by molar-refractivity contribution is -0.255. The molecule has 0 aliphatic carbocycles. The molecule has 0 saturated heterocycles. The number of carboxylic acids is 1. The number of carbonyl (C=O) groups excluding carboxylic acids is 3. The number of ketones is 1. The summed E-state index contributed by atoms with van der Waals surface area (Å²) in [5.74, 6) is -1.94. The number of rotatable bonds is 17. The van der Waals surface area contributed by atoms with Gasteiger partial charge in [-0.25, -0.2) is 4.79 Å². The molecule has 0 N–H and O–H groups in total. The normalized spacial score (nSPS) is 11.3. The quantitative estimate of drug-likeness (QED) is 0.0835. The Balaban J connectivity index is 1.77. The molecular formula is C33H40NO5-. The maximum atomic E-state index is 13.4. The average molecular weight is 531 g/mol. The fraction of sp³-hybridized carbons (Fsp3) is 0.424. The number of Topliss-reactive ketones (excluding diaryl/α,β-unsaturated/α-hetero) is 1. The third kappa shape index (κ3) is 8.67. The summed E-state index contributed by atoms with van der Waals surface area (Å²) in [6.45, 7) is 4.51. The molecule has 0 radical (unpaired) electrons. The largest absolute Gasteiger partial charge is 0.543 e. The maximum Gasteiger partial charge on any atom is 0.330 e. The Bertz CT molecular complexity index is 1290. The Labute approximate surface area is 231 Å². The number of nitrogens with zero attached hydrogens (tertiary/aromatic N) is 1. The average Bonchev–Trinajstić information content (AvgIpc) is 3.26. The minimum atomic E-state index is -1.36. The van der Waals surface area contributed by atoms with Crippen LogP contribution in [0, 0.1) is 0 Å². The number of hydrogen-bond donors (Lipinski definition) is 0. The highest BCUT2D eigenvalue weighted by Gasteiger charge is 2.23. The number of para-hydroxylation sites is 1. The summed E-state index contributed by atoms with van der Waals surface area (Å²) in [4.78, 5) is 37.4. The zero-order valence-electron chi connectivity index (χ0n) is 23.2. The highest BCUT2D eigenvalue weighted by atomic mass is 16.5. The third-order valence-corrected chi connectivity index (χ3v) is 6.94. The van der Waals surface area contributed by atoms with Crippen molar-refractivity contribution in [2.24, 2.45) is 0 Å². The fourth-order valence-corrected chi connectivity index (χ4v) is 5.02. The number of fused-ring (bicyclic) bond motifs is 1. The molecule has 1 aromatic heterocycles. The van der Waals surface area contributed by atoms with Crippen LogP contribution in [0.4, 0.5) is 0 Å². The first-order valence-electron chi connectivity index (χ1n) is 14.3. The minimum Gasteiger partial charge on any atom is -0.543 e. The second kappa shape index (κ2) is 15.7. The first kappa shape index (κ1) is 29.9. The molecule has 2 aromatic carbocycles. The Morgan fingerprint density at radius 1 is 0.872 bits per heavy atom. The van der Waals surface area contributed by atoms with Crippen LogP contribution < -0.4 is 5.11 Å². The van der Waals surface area contributed by atoms with Crippen molar-refractivity contribution in [1.82, 2.24) is 4.57 Å². The second-order valence-corrected chi connectivity index (χ2v) is 9.95. The zero-order chi connectivity index (χ0) is 28.0. The van der Waals surface area contributed by atoms with Crippen molar-refractivity contribution in [2.45, 2.75) is 84.6 Å². The Morgan fingerprint density at radius 3 is 2.26 bits per heavy atom.